The SMILES string of the molecule is COc1cc(N(CCc2ccc(C(F)(F)F)nc2)C(=O)Cc2ccc(F)cc2)ccc1C. The highest BCUT2D eigenvalue weighted by Gasteiger charge is 2.32. The number of nitrogens with zero attached hydrogens (tertiary/aromatic N) is 2. The number of aryl methyl sites for hydroxylation is 1. The number of aromatic nitrogens is 1. The lowest BCUT2D eigenvalue weighted by molar-refractivity contribution is -0.141. The minimum absolute atomic E-state index is 0.0434. The predicted molar refractivity (Wildman–Crippen MR) is 113 cm³/mol. The normalized spacial score (nSPS) is 11.3. The van der Waals surface area contributed by atoms with E-state index in [4.69, 9.17) is 4.74 Å². The summed E-state index contributed by atoms with van der Waals surface area (Å²) in [5.41, 5.74) is 1.75. The molecule has 0 saturated carbocycles. The molecule has 3 rings (SSSR count). The Bertz CT molecular complexity index is 1060. The van der Waals surface area contributed by atoms with Crippen LogP contribution in [0.15, 0.2) is 60.8 Å². The van der Waals surface area contributed by atoms with E-state index in [0.29, 0.717) is 29.0 Å². The molecule has 32 heavy (non-hydrogen) atoms. The fourth-order valence-electron chi connectivity index (χ4n) is 3.23. The molecule has 0 bridgehead atoms. The van der Waals surface area contributed by atoms with Crippen LogP contribution in [0.3, 0.4) is 0 Å². The Hall–Kier alpha value is -3.42. The van der Waals surface area contributed by atoms with E-state index in [1.54, 1.807) is 29.2 Å². The molecule has 0 aliphatic rings. The van der Waals surface area contributed by atoms with Gasteiger partial charge in [-0.05, 0) is 54.3 Å². The van der Waals surface area contributed by atoms with Crippen molar-refractivity contribution in [1.82, 2.24) is 4.98 Å². The lowest BCUT2D eigenvalue weighted by atomic mass is 10.1. The summed E-state index contributed by atoms with van der Waals surface area (Å²) < 4.78 is 56.8. The second-order valence-electron chi connectivity index (χ2n) is 7.30. The van der Waals surface area contributed by atoms with E-state index < -0.39 is 17.7 Å². The maximum Gasteiger partial charge on any atom is 0.433 e. The molecule has 0 aliphatic carbocycles. The third-order valence-corrected chi connectivity index (χ3v) is 5.01. The van der Waals surface area contributed by atoms with Gasteiger partial charge in [0.25, 0.3) is 0 Å². The lowest BCUT2D eigenvalue weighted by Gasteiger charge is -2.24. The number of hydrogen-bond donors (Lipinski definition) is 0. The van der Waals surface area contributed by atoms with Crippen LogP contribution in [0, 0.1) is 12.7 Å². The number of ether oxygens (including phenoxy) is 1. The van der Waals surface area contributed by atoms with Gasteiger partial charge in [0.15, 0.2) is 0 Å². The number of pyridine rings is 1. The van der Waals surface area contributed by atoms with Crippen molar-refractivity contribution >= 4 is 11.6 Å². The van der Waals surface area contributed by atoms with Gasteiger partial charge in [0.2, 0.25) is 5.91 Å². The van der Waals surface area contributed by atoms with E-state index in [-0.39, 0.29) is 18.9 Å². The molecule has 1 heterocycles. The summed E-state index contributed by atoms with van der Waals surface area (Å²) in [6.07, 6.45) is -2.99. The number of amides is 1. The highest BCUT2D eigenvalue weighted by Crippen LogP contribution is 2.28. The molecular formula is C24H22F4N2O2. The summed E-state index contributed by atoms with van der Waals surface area (Å²) in [6.45, 7) is 2.10. The minimum atomic E-state index is -4.51. The zero-order chi connectivity index (χ0) is 23.3. The predicted octanol–water partition coefficient (Wildman–Crippen LogP) is 5.37. The molecule has 0 radical (unpaired) electrons. The van der Waals surface area contributed by atoms with Crippen molar-refractivity contribution in [3.05, 3.63) is 89.0 Å². The monoisotopic (exact) mass is 446 g/mol. The zero-order valence-electron chi connectivity index (χ0n) is 17.6. The first kappa shape index (κ1) is 23.2. The summed E-state index contributed by atoms with van der Waals surface area (Å²) in [7, 11) is 1.53. The third kappa shape index (κ3) is 5.84. The number of alkyl halides is 3. The van der Waals surface area contributed by atoms with Gasteiger partial charge in [0.1, 0.15) is 17.3 Å². The molecule has 3 aromatic rings. The molecule has 0 aliphatic heterocycles. The Morgan fingerprint density at radius 1 is 1.03 bits per heavy atom. The van der Waals surface area contributed by atoms with Gasteiger partial charge in [-0.15, -0.1) is 0 Å². The lowest BCUT2D eigenvalue weighted by Crippen LogP contribution is -2.34. The molecule has 0 spiro atoms. The quantitative estimate of drug-likeness (QED) is 0.458. The molecular weight excluding hydrogens is 424 g/mol. The van der Waals surface area contributed by atoms with Gasteiger partial charge < -0.3 is 9.64 Å². The highest BCUT2D eigenvalue weighted by atomic mass is 19.4. The molecule has 0 fully saturated rings. The van der Waals surface area contributed by atoms with Crippen molar-refractivity contribution in [2.24, 2.45) is 0 Å². The second-order valence-corrected chi connectivity index (χ2v) is 7.30. The Morgan fingerprint density at radius 3 is 2.31 bits per heavy atom. The molecule has 2 aromatic carbocycles. The topological polar surface area (TPSA) is 42.4 Å². The number of hydrogen-bond acceptors (Lipinski definition) is 3. The Morgan fingerprint density at radius 2 is 1.72 bits per heavy atom. The molecule has 4 nitrogen and oxygen atoms in total. The molecule has 8 heteroatoms. The van der Waals surface area contributed by atoms with Gasteiger partial charge in [-0.1, -0.05) is 24.3 Å². The Balaban J connectivity index is 1.83. The van der Waals surface area contributed by atoms with E-state index >= 15 is 0 Å². The molecule has 1 amide bonds. The first-order chi connectivity index (χ1) is 15.2. The van der Waals surface area contributed by atoms with Crippen molar-refractivity contribution in [3.8, 4) is 5.75 Å². The molecule has 0 atom stereocenters. The molecule has 1 aromatic heterocycles. The first-order valence-electron chi connectivity index (χ1n) is 9.89. The highest BCUT2D eigenvalue weighted by molar-refractivity contribution is 5.95. The van der Waals surface area contributed by atoms with Crippen LogP contribution in [0.4, 0.5) is 23.2 Å². The molecule has 168 valence electrons. The maximum atomic E-state index is 13.2. The summed E-state index contributed by atoms with van der Waals surface area (Å²) in [4.78, 5) is 18.1. The largest absolute Gasteiger partial charge is 0.496 e. The van der Waals surface area contributed by atoms with Crippen molar-refractivity contribution in [1.29, 1.82) is 0 Å². The van der Waals surface area contributed by atoms with Crippen LogP contribution in [0.1, 0.15) is 22.4 Å². The van der Waals surface area contributed by atoms with E-state index in [9.17, 15) is 22.4 Å². The number of benzene rings is 2. The van der Waals surface area contributed by atoms with Crippen molar-refractivity contribution in [2.75, 3.05) is 18.6 Å². The average Bonchev–Trinajstić information content (AvgIpc) is 2.76. The summed E-state index contributed by atoms with van der Waals surface area (Å²) in [5, 5.41) is 0. The maximum absolute atomic E-state index is 13.2. The first-order valence-corrected chi connectivity index (χ1v) is 9.89. The summed E-state index contributed by atoms with van der Waals surface area (Å²) >= 11 is 0. The van der Waals surface area contributed by atoms with E-state index in [1.807, 2.05) is 13.0 Å². The number of halogens is 4. The van der Waals surface area contributed by atoms with Gasteiger partial charge in [0, 0.05) is 24.5 Å². The van der Waals surface area contributed by atoms with E-state index in [2.05, 4.69) is 4.98 Å². The van der Waals surface area contributed by atoms with Crippen LogP contribution in [-0.2, 0) is 23.8 Å². The number of anilines is 1. The van der Waals surface area contributed by atoms with Crippen LogP contribution in [0.2, 0.25) is 0 Å². The van der Waals surface area contributed by atoms with Gasteiger partial charge in [-0.2, -0.15) is 13.2 Å². The fraction of sp³-hybridized carbons (Fsp3) is 0.250. The average molecular weight is 446 g/mol. The summed E-state index contributed by atoms with van der Waals surface area (Å²) in [5.74, 6) is -0.0169. The van der Waals surface area contributed by atoms with Gasteiger partial charge in [0.05, 0.1) is 13.5 Å². The van der Waals surface area contributed by atoms with Crippen molar-refractivity contribution in [3.63, 3.8) is 0 Å². The smallest absolute Gasteiger partial charge is 0.433 e. The third-order valence-electron chi connectivity index (χ3n) is 5.01. The van der Waals surface area contributed by atoms with E-state index in [0.717, 1.165) is 11.6 Å². The second kappa shape index (κ2) is 9.80. The van der Waals surface area contributed by atoms with Gasteiger partial charge in [-0.25, -0.2) is 4.39 Å². The van der Waals surface area contributed by atoms with Crippen LogP contribution in [-0.4, -0.2) is 24.5 Å². The Labute approximate surface area is 183 Å². The van der Waals surface area contributed by atoms with Crippen LogP contribution in [0.25, 0.3) is 0 Å². The summed E-state index contributed by atoms with van der Waals surface area (Å²) in [6, 6.07) is 13.3. The van der Waals surface area contributed by atoms with Crippen LogP contribution in [0.5, 0.6) is 5.75 Å². The van der Waals surface area contributed by atoms with Crippen LogP contribution >= 0.6 is 0 Å². The number of rotatable bonds is 7. The van der Waals surface area contributed by atoms with E-state index in [1.165, 1.54) is 31.5 Å². The minimum Gasteiger partial charge on any atom is -0.496 e. The number of carbonyl (C=O) groups excluding carboxylic acids is 1. The number of carbonyl (C=O) groups is 1. The molecule has 0 saturated heterocycles. The zero-order valence-corrected chi connectivity index (χ0v) is 17.6. The molecule has 0 N–H and O–H groups in total. The standard InChI is InChI=1S/C24H22F4N2O2/c1-16-3-9-20(14-21(16)32-2)30(23(31)13-17-4-7-19(25)8-5-17)12-11-18-6-10-22(29-15-18)24(26,27)28/h3-10,14-15H,11-13H2,1-2H3. The van der Waals surface area contributed by atoms with Crippen molar-refractivity contribution in [2.45, 2.75) is 25.9 Å². The van der Waals surface area contributed by atoms with Crippen molar-refractivity contribution < 1.29 is 27.1 Å². The van der Waals surface area contributed by atoms with Crippen LogP contribution < -0.4 is 9.64 Å². The fourth-order valence-corrected chi connectivity index (χ4v) is 3.23. The van der Waals surface area contributed by atoms with Gasteiger partial charge >= 0.3 is 6.18 Å². The number of methoxy groups -OCH3 is 1. The Kier molecular flexibility index (Phi) is 7.12. The molecule has 0 unspecified atom stereocenters. The van der Waals surface area contributed by atoms with Gasteiger partial charge in [-0.3, -0.25) is 9.78 Å².